The SMILES string of the molecule is C=CC(=O)OCCCCOc1ccc(C(=O)Oc2ccc(C(=O)Oc3ccc(CCCCCCC)cc3)c(Cl)c2)cc1OC. The topological polar surface area (TPSA) is 97.4 Å². The third-order valence-corrected chi connectivity index (χ3v) is 6.99. The Labute approximate surface area is 263 Å². The molecule has 0 aliphatic carbocycles. The van der Waals surface area contributed by atoms with Gasteiger partial charge >= 0.3 is 17.9 Å². The van der Waals surface area contributed by atoms with Gasteiger partial charge in [0.05, 0.1) is 36.5 Å². The Morgan fingerprint density at radius 3 is 2.18 bits per heavy atom. The Kier molecular flexibility index (Phi) is 14.3. The van der Waals surface area contributed by atoms with Crippen molar-refractivity contribution in [3.63, 3.8) is 0 Å². The van der Waals surface area contributed by atoms with E-state index in [1.54, 1.807) is 24.3 Å². The first-order chi connectivity index (χ1) is 21.3. The molecule has 0 radical (unpaired) electrons. The number of rotatable bonds is 18. The van der Waals surface area contributed by atoms with E-state index in [0.717, 1.165) is 18.9 Å². The smallest absolute Gasteiger partial charge is 0.345 e. The lowest BCUT2D eigenvalue weighted by Crippen LogP contribution is -2.11. The Bertz CT molecular complexity index is 1400. The Balaban J connectivity index is 1.51. The van der Waals surface area contributed by atoms with Gasteiger partial charge in [0.2, 0.25) is 0 Å². The van der Waals surface area contributed by atoms with Crippen molar-refractivity contribution in [1.29, 1.82) is 0 Å². The van der Waals surface area contributed by atoms with Crippen LogP contribution >= 0.6 is 11.6 Å². The van der Waals surface area contributed by atoms with E-state index in [0.29, 0.717) is 36.7 Å². The Morgan fingerprint density at radius 1 is 0.773 bits per heavy atom. The molecule has 8 nitrogen and oxygen atoms in total. The highest BCUT2D eigenvalue weighted by molar-refractivity contribution is 6.33. The first kappa shape index (κ1) is 34.2. The molecule has 0 heterocycles. The molecule has 0 aliphatic rings. The number of methoxy groups -OCH3 is 1. The zero-order valence-corrected chi connectivity index (χ0v) is 26.0. The Hall–Kier alpha value is -4.30. The average Bonchev–Trinajstić information content (AvgIpc) is 3.03. The summed E-state index contributed by atoms with van der Waals surface area (Å²) in [5.41, 5.74) is 1.58. The van der Waals surface area contributed by atoms with Gasteiger partial charge in [-0.05, 0) is 73.7 Å². The number of hydrogen-bond acceptors (Lipinski definition) is 8. The monoisotopic (exact) mass is 622 g/mol. The van der Waals surface area contributed by atoms with Crippen molar-refractivity contribution in [2.45, 2.75) is 58.3 Å². The molecule has 0 saturated heterocycles. The quantitative estimate of drug-likeness (QED) is 0.0606. The first-order valence-corrected chi connectivity index (χ1v) is 15.1. The van der Waals surface area contributed by atoms with Crippen LogP contribution in [0.5, 0.6) is 23.0 Å². The lowest BCUT2D eigenvalue weighted by atomic mass is 10.1. The van der Waals surface area contributed by atoms with Crippen molar-refractivity contribution in [1.82, 2.24) is 0 Å². The number of halogens is 1. The highest BCUT2D eigenvalue weighted by Crippen LogP contribution is 2.30. The molecule has 0 atom stereocenters. The fourth-order valence-corrected chi connectivity index (χ4v) is 4.49. The van der Waals surface area contributed by atoms with Crippen molar-refractivity contribution >= 4 is 29.5 Å². The molecule has 0 bridgehead atoms. The summed E-state index contributed by atoms with van der Waals surface area (Å²) in [6.45, 7) is 6.19. The Morgan fingerprint density at radius 2 is 1.48 bits per heavy atom. The van der Waals surface area contributed by atoms with Crippen LogP contribution < -0.4 is 18.9 Å². The van der Waals surface area contributed by atoms with E-state index in [4.69, 9.17) is 35.3 Å². The third kappa shape index (κ3) is 11.1. The molecule has 0 unspecified atom stereocenters. The average molecular weight is 623 g/mol. The molecule has 0 aliphatic heterocycles. The van der Waals surface area contributed by atoms with Gasteiger partial charge in [0.1, 0.15) is 11.5 Å². The minimum atomic E-state index is -0.643. The fourth-order valence-electron chi connectivity index (χ4n) is 4.24. The molecule has 234 valence electrons. The van der Waals surface area contributed by atoms with Crippen LogP contribution in [0.4, 0.5) is 0 Å². The zero-order valence-electron chi connectivity index (χ0n) is 25.3. The predicted molar refractivity (Wildman–Crippen MR) is 169 cm³/mol. The van der Waals surface area contributed by atoms with E-state index in [2.05, 4.69) is 13.5 Å². The van der Waals surface area contributed by atoms with Gasteiger partial charge in [-0.15, -0.1) is 0 Å². The highest BCUT2D eigenvalue weighted by atomic mass is 35.5. The highest BCUT2D eigenvalue weighted by Gasteiger charge is 2.17. The summed E-state index contributed by atoms with van der Waals surface area (Å²) >= 11 is 6.35. The molecular formula is C35H39ClO8. The van der Waals surface area contributed by atoms with Crippen molar-refractivity contribution in [2.75, 3.05) is 20.3 Å². The number of ether oxygens (including phenoxy) is 5. The minimum Gasteiger partial charge on any atom is -0.493 e. The summed E-state index contributed by atoms with van der Waals surface area (Å²) < 4.78 is 27.0. The second-order valence-electron chi connectivity index (χ2n) is 10.0. The van der Waals surface area contributed by atoms with Gasteiger partial charge < -0.3 is 23.7 Å². The van der Waals surface area contributed by atoms with Crippen molar-refractivity contribution in [3.05, 3.63) is 95.0 Å². The summed E-state index contributed by atoms with van der Waals surface area (Å²) in [7, 11) is 1.47. The molecular weight excluding hydrogens is 584 g/mol. The van der Waals surface area contributed by atoms with Crippen LogP contribution in [0.25, 0.3) is 0 Å². The summed E-state index contributed by atoms with van der Waals surface area (Å²) in [6, 6.07) is 16.5. The van der Waals surface area contributed by atoms with Crippen LogP contribution in [-0.4, -0.2) is 38.2 Å². The molecule has 0 amide bonds. The molecule has 0 fully saturated rings. The lowest BCUT2D eigenvalue weighted by Gasteiger charge is -2.12. The van der Waals surface area contributed by atoms with Crippen molar-refractivity contribution < 1.29 is 38.1 Å². The number of aryl methyl sites for hydroxylation is 1. The number of carbonyl (C=O) groups is 3. The molecule has 0 aromatic heterocycles. The van der Waals surface area contributed by atoms with Gasteiger partial charge in [0.25, 0.3) is 0 Å². The number of unbranched alkanes of at least 4 members (excludes halogenated alkanes) is 5. The summed E-state index contributed by atoms with van der Waals surface area (Å²) in [4.78, 5) is 36.6. The van der Waals surface area contributed by atoms with Crippen molar-refractivity contribution in [2.24, 2.45) is 0 Å². The van der Waals surface area contributed by atoms with Crippen molar-refractivity contribution in [3.8, 4) is 23.0 Å². The number of hydrogen-bond donors (Lipinski definition) is 0. The molecule has 0 N–H and O–H groups in total. The predicted octanol–water partition coefficient (Wildman–Crippen LogP) is 8.19. The van der Waals surface area contributed by atoms with Gasteiger partial charge in [0, 0.05) is 12.1 Å². The van der Waals surface area contributed by atoms with Gasteiger partial charge in [-0.3, -0.25) is 0 Å². The minimum absolute atomic E-state index is 0.0876. The standard InChI is InChI=1S/C35H39ClO8/c1-4-6-7-8-9-12-25-13-16-27(17-14-25)43-35(39)29-19-18-28(24-30(29)36)44-34(38)26-15-20-31(32(23-26)40-3)41-21-10-11-22-42-33(37)5-2/h5,13-20,23-24H,2,4,6-12,21-22H2,1,3H3. The molecule has 9 heteroatoms. The number of carbonyl (C=O) groups excluding carboxylic acids is 3. The maximum atomic E-state index is 12.8. The van der Waals surface area contributed by atoms with Crippen LogP contribution in [0.15, 0.2) is 73.3 Å². The van der Waals surface area contributed by atoms with E-state index >= 15 is 0 Å². The van der Waals surface area contributed by atoms with E-state index < -0.39 is 17.9 Å². The van der Waals surface area contributed by atoms with Crippen LogP contribution in [0.2, 0.25) is 5.02 Å². The maximum absolute atomic E-state index is 12.8. The van der Waals surface area contributed by atoms with Crippen LogP contribution in [-0.2, 0) is 16.0 Å². The number of benzene rings is 3. The van der Waals surface area contributed by atoms with Gasteiger partial charge in [-0.2, -0.15) is 0 Å². The van der Waals surface area contributed by atoms with Gasteiger partial charge in [-0.1, -0.05) is 62.9 Å². The molecule has 0 saturated carbocycles. The van der Waals surface area contributed by atoms with Gasteiger partial charge in [0.15, 0.2) is 11.5 Å². The van der Waals surface area contributed by atoms with Crippen LogP contribution in [0.3, 0.4) is 0 Å². The van der Waals surface area contributed by atoms with E-state index in [1.807, 2.05) is 12.1 Å². The fraction of sp³-hybridized carbons (Fsp3) is 0.343. The lowest BCUT2D eigenvalue weighted by molar-refractivity contribution is -0.137. The second-order valence-corrected chi connectivity index (χ2v) is 10.4. The molecule has 44 heavy (non-hydrogen) atoms. The third-order valence-electron chi connectivity index (χ3n) is 6.68. The second kappa shape index (κ2) is 18.4. The van der Waals surface area contributed by atoms with Gasteiger partial charge in [-0.25, -0.2) is 14.4 Å². The largest absolute Gasteiger partial charge is 0.493 e. The number of esters is 3. The maximum Gasteiger partial charge on any atom is 0.345 e. The van der Waals surface area contributed by atoms with Crippen LogP contribution in [0, 0.1) is 0 Å². The summed E-state index contributed by atoms with van der Waals surface area (Å²) in [6.07, 6.45) is 9.47. The molecule has 3 rings (SSSR count). The first-order valence-electron chi connectivity index (χ1n) is 14.8. The van der Waals surface area contributed by atoms with E-state index in [1.165, 1.54) is 62.6 Å². The summed E-state index contributed by atoms with van der Waals surface area (Å²) in [5, 5.41) is 0.0876. The van der Waals surface area contributed by atoms with E-state index in [-0.39, 0.29) is 28.5 Å². The molecule has 3 aromatic rings. The molecule has 3 aromatic carbocycles. The molecule has 0 spiro atoms. The van der Waals surface area contributed by atoms with E-state index in [9.17, 15) is 14.4 Å². The summed E-state index contributed by atoms with van der Waals surface area (Å²) in [5.74, 6) is -0.323. The normalized spacial score (nSPS) is 10.5. The van der Waals surface area contributed by atoms with Crippen LogP contribution in [0.1, 0.15) is 78.1 Å². The zero-order chi connectivity index (χ0) is 31.7.